The van der Waals surface area contributed by atoms with Gasteiger partial charge in [-0.25, -0.2) is 0 Å². The lowest BCUT2D eigenvalue weighted by Gasteiger charge is -2.19. The molecule has 4 N–H and O–H groups in total. The van der Waals surface area contributed by atoms with Crippen LogP contribution >= 0.6 is 0 Å². The molecular weight excluding hydrogens is 230 g/mol. The molecule has 4 nitrogen and oxygen atoms in total. The molecular formula is C14H31NO3. The fourth-order valence-electron chi connectivity index (χ4n) is 1.96. The van der Waals surface area contributed by atoms with Crippen LogP contribution in [0.25, 0.3) is 0 Å². The van der Waals surface area contributed by atoms with Gasteiger partial charge in [0.15, 0.2) is 0 Å². The van der Waals surface area contributed by atoms with Crippen LogP contribution < -0.4 is 5.32 Å². The second kappa shape index (κ2) is 11.9. The molecule has 0 aliphatic heterocycles. The van der Waals surface area contributed by atoms with Gasteiger partial charge in [-0.1, -0.05) is 64.7 Å². The first-order valence-electron chi connectivity index (χ1n) is 7.43. The van der Waals surface area contributed by atoms with Crippen molar-refractivity contribution in [1.82, 2.24) is 5.32 Å². The van der Waals surface area contributed by atoms with Gasteiger partial charge in [-0.2, -0.15) is 0 Å². The molecule has 0 rings (SSSR count). The van der Waals surface area contributed by atoms with E-state index in [1.165, 1.54) is 51.4 Å². The molecule has 0 aliphatic rings. The van der Waals surface area contributed by atoms with Crippen LogP contribution in [0.5, 0.6) is 0 Å². The molecule has 0 saturated carbocycles. The maximum Gasteiger partial charge on any atom is 0.246 e. The molecule has 110 valence electrons. The van der Waals surface area contributed by atoms with Gasteiger partial charge in [0.1, 0.15) is 6.61 Å². The second-order valence-corrected chi connectivity index (χ2v) is 5.08. The van der Waals surface area contributed by atoms with E-state index in [9.17, 15) is 0 Å². The average Bonchev–Trinajstić information content (AvgIpc) is 2.36. The zero-order valence-corrected chi connectivity index (χ0v) is 11.8. The number of unbranched alkanes of at least 4 members (excludes halogenated alkanes) is 9. The molecule has 0 fully saturated rings. The Morgan fingerprint density at radius 2 is 1.22 bits per heavy atom. The van der Waals surface area contributed by atoms with E-state index in [1.54, 1.807) is 0 Å². The van der Waals surface area contributed by atoms with Crippen molar-refractivity contribution in [3.8, 4) is 0 Å². The first kappa shape index (κ1) is 17.8. The Balaban J connectivity index is 3.08. The van der Waals surface area contributed by atoms with E-state index in [1.807, 2.05) is 0 Å². The standard InChI is InChI=1S/C14H31NO3/c1-2-3-4-5-6-7-8-9-10-11-12-15-14(17,18)13-16/h15-18H,2-13H2,1H3. The van der Waals surface area contributed by atoms with Crippen molar-refractivity contribution in [2.75, 3.05) is 13.2 Å². The molecule has 0 heterocycles. The zero-order valence-electron chi connectivity index (χ0n) is 11.8. The smallest absolute Gasteiger partial charge is 0.246 e. The Labute approximate surface area is 111 Å². The lowest BCUT2D eigenvalue weighted by molar-refractivity contribution is -0.208. The van der Waals surface area contributed by atoms with Crippen LogP contribution in [0.4, 0.5) is 0 Å². The Morgan fingerprint density at radius 3 is 1.67 bits per heavy atom. The summed E-state index contributed by atoms with van der Waals surface area (Å²) in [4.78, 5) is 0. The van der Waals surface area contributed by atoms with E-state index in [2.05, 4.69) is 12.2 Å². The first-order valence-corrected chi connectivity index (χ1v) is 7.43. The highest BCUT2D eigenvalue weighted by Crippen LogP contribution is 2.10. The predicted octanol–water partition coefficient (Wildman–Crippen LogP) is 2.13. The van der Waals surface area contributed by atoms with Gasteiger partial charge in [-0.3, -0.25) is 5.32 Å². The molecule has 0 aromatic carbocycles. The number of nitrogens with one attached hydrogen (secondary N) is 1. The maximum absolute atomic E-state index is 9.06. The highest BCUT2D eigenvalue weighted by Gasteiger charge is 2.19. The largest absolute Gasteiger partial charge is 0.389 e. The van der Waals surface area contributed by atoms with Gasteiger partial charge in [0.25, 0.3) is 0 Å². The minimum absolute atomic E-state index is 0.532. The molecule has 0 unspecified atom stereocenters. The van der Waals surface area contributed by atoms with Crippen LogP contribution in [-0.4, -0.2) is 34.4 Å². The van der Waals surface area contributed by atoms with Crippen LogP contribution in [0, 0.1) is 0 Å². The van der Waals surface area contributed by atoms with Gasteiger partial charge in [-0.05, 0) is 6.42 Å². The Hall–Kier alpha value is -0.160. The molecule has 0 spiro atoms. The Bertz CT molecular complexity index is 174. The molecule has 0 atom stereocenters. The average molecular weight is 261 g/mol. The fraction of sp³-hybridized carbons (Fsp3) is 1.00. The SMILES string of the molecule is CCCCCCCCCCCCNC(O)(O)CO. The lowest BCUT2D eigenvalue weighted by Crippen LogP contribution is -2.48. The van der Waals surface area contributed by atoms with Crippen LogP contribution in [0.3, 0.4) is 0 Å². The Kier molecular flexibility index (Phi) is 11.8. The molecule has 0 bridgehead atoms. The van der Waals surface area contributed by atoms with Gasteiger partial charge in [0.05, 0.1) is 0 Å². The van der Waals surface area contributed by atoms with E-state index in [0.29, 0.717) is 6.54 Å². The van der Waals surface area contributed by atoms with Gasteiger partial charge < -0.3 is 15.3 Å². The van der Waals surface area contributed by atoms with Crippen LogP contribution in [-0.2, 0) is 0 Å². The molecule has 0 aliphatic carbocycles. The summed E-state index contributed by atoms with van der Waals surface area (Å²) < 4.78 is 0. The summed E-state index contributed by atoms with van der Waals surface area (Å²) >= 11 is 0. The van der Waals surface area contributed by atoms with E-state index in [-0.39, 0.29) is 0 Å². The summed E-state index contributed by atoms with van der Waals surface area (Å²) in [5.74, 6) is -2.11. The highest BCUT2D eigenvalue weighted by molar-refractivity contribution is 4.59. The van der Waals surface area contributed by atoms with Crippen LogP contribution in [0.15, 0.2) is 0 Å². The number of aliphatic hydroxyl groups is 3. The molecule has 0 radical (unpaired) electrons. The van der Waals surface area contributed by atoms with Crippen LogP contribution in [0.2, 0.25) is 0 Å². The number of hydrogen-bond donors (Lipinski definition) is 4. The minimum Gasteiger partial charge on any atom is -0.389 e. The molecule has 0 amide bonds. The molecule has 4 heteroatoms. The zero-order chi connectivity index (χ0) is 13.7. The number of aliphatic hydroxyl groups excluding tert-OH is 1. The van der Waals surface area contributed by atoms with Crippen molar-refractivity contribution in [1.29, 1.82) is 0 Å². The second-order valence-electron chi connectivity index (χ2n) is 5.08. The summed E-state index contributed by atoms with van der Waals surface area (Å²) in [5, 5.41) is 29.2. The summed E-state index contributed by atoms with van der Waals surface area (Å²) in [6.07, 6.45) is 12.6. The van der Waals surface area contributed by atoms with Crippen molar-refractivity contribution in [2.45, 2.75) is 77.0 Å². The number of hydrogen-bond acceptors (Lipinski definition) is 4. The quantitative estimate of drug-likeness (QED) is 0.303. The third-order valence-corrected chi connectivity index (χ3v) is 3.16. The van der Waals surface area contributed by atoms with Gasteiger partial charge in [-0.15, -0.1) is 0 Å². The minimum atomic E-state index is -2.11. The van der Waals surface area contributed by atoms with E-state index < -0.39 is 12.5 Å². The molecule has 0 aromatic heterocycles. The first-order chi connectivity index (χ1) is 8.62. The van der Waals surface area contributed by atoms with E-state index in [0.717, 1.165) is 12.8 Å². The monoisotopic (exact) mass is 261 g/mol. The van der Waals surface area contributed by atoms with Crippen molar-refractivity contribution in [3.05, 3.63) is 0 Å². The summed E-state index contributed by atoms with van der Waals surface area (Å²) in [5.41, 5.74) is 0. The predicted molar refractivity (Wildman–Crippen MR) is 74.1 cm³/mol. The summed E-state index contributed by atoms with van der Waals surface area (Å²) in [7, 11) is 0. The summed E-state index contributed by atoms with van der Waals surface area (Å²) in [6.45, 7) is 2.09. The van der Waals surface area contributed by atoms with Crippen molar-refractivity contribution < 1.29 is 15.3 Å². The molecule has 0 aromatic rings. The van der Waals surface area contributed by atoms with E-state index >= 15 is 0 Å². The normalized spacial score (nSPS) is 12.0. The molecule has 0 saturated heterocycles. The topological polar surface area (TPSA) is 72.7 Å². The van der Waals surface area contributed by atoms with Gasteiger partial charge in [0, 0.05) is 6.54 Å². The third kappa shape index (κ3) is 12.3. The van der Waals surface area contributed by atoms with Crippen molar-refractivity contribution in [2.24, 2.45) is 0 Å². The summed E-state index contributed by atoms with van der Waals surface area (Å²) in [6, 6.07) is 0. The third-order valence-electron chi connectivity index (χ3n) is 3.16. The van der Waals surface area contributed by atoms with Crippen LogP contribution in [0.1, 0.15) is 71.1 Å². The van der Waals surface area contributed by atoms with Crippen molar-refractivity contribution >= 4 is 0 Å². The fourth-order valence-corrected chi connectivity index (χ4v) is 1.96. The van der Waals surface area contributed by atoms with Crippen molar-refractivity contribution in [3.63, 3.8) is 0 Å². The van der Waals surface area contributed by atoms with Gasteiger partial charge >= 0.3 is 0 Å². The molecule has 18 heavy (non-hydrogen) atoms. The Morgan fingerprint density at radius 1 is 0.778 bits per heavy atom. The maximum atomic E-state index is 9.06. The lowest BCUT2D eigenvalue weighted by atomic mass is 10.1. The van der Waals surface area contributed by atoms with Gasteiger partial charge in [0.2, 0.25) is 5.91 Å². The van der Waals surface area contributed by atoms with E-state index in [4.69, 9.17) is 15.3 Å². The number of rotatable bonds is 13. The highest BCUT2D eigenvalue weighted by atomic mass is 16.5.